The molecule has 4 rings (SSSR count). The number of ketones is 1. The Kier molecular flexibility index (Phi) is 5.67. The SMILES string of the molecule is CC(C)[C@H](C)C=C[C@@H](C)[C@H]1CCC2[C@@H]3CCC4=CC(=O)CC[C@]4(C)C3CC[C@@]21C. The predicted octanol–water partition coefficient (Wildman–Crippen LogP) is 7.62. The summed E-state index contributed by atoms with van der Waals surface area (Å²) in [6, 6.07) is 0. The molecule has 2 unspecified atom stereocenters. The minimum absolute atomic E-state index is 0.314. The zero-order valence-electron chi connectivity index (χ0n) is 19.8. The van der Waals surface area contributed by atoms with Crippen LogP contribution in [0.4, 0.5) is 0 Å². The normalized spacial score (nSPS) is 44.2. The quantitative estimate of drug-likeness (QED) is 0.447. The average Bonchev–Trinajstić information content (AvgIpc) is 3.03. The Morgan fingerprint density at radius 1 is 0.931 bits per heavy atom. The van der Waals surface area contributed by atoms with E-state index in [4.69, 9.17) is 0 Å². The van der Waals surface area contributed by atoms with Crippen LogP contribution in [0.1, 0.15) is 92.9 Å². The van der Waals surface area contributed by atoms with E-state index in [-0.39, 0.29) is 0 Å². The Hall–Kier alpha value is -0.850. The largest absolute Gasteiger partial charge is 0.295 e. The van der Waals surface area contributed by atoms with Crippen LogP contribution in [0.3, 0.4) is 0 Å². The maximum atomic E-state index is 12.0. The first-order valence-corrected chi connectivity index (χ1v) is 12.6. The molecule has 29 heavy (non-hydrogen) atoms. The van der Waals surface area contributed by atoms with E-state index in [0.717, 1.165) is 42.4 Å². The van der Waals surface area contributed by atoms with Gasteiger partial charge in [-0.25, -0.2) is 0 Å². The smallest absolute Gasteiger partial charge is 0.155 e. The maximum Gasteiger partial charge on any atom is 0.155 e. The second-order valence-electron chi connectivity index (χ2n) is 12.0. The van der Waals surface area contributed by atoms with Gasteiger partial charge in [-0.15, -0.1) is 0 Å². The summed E-state index contributed by atoms with van der Waals surface area (Å²) in [6.45, 7) is 14.7. The first-order valence-electron chi connectivity index (χ1n) is 12.6. The fraction of sp³-hybridized carbons (Fsp3) is 0.821. The number of hydrogen-bond acceptors (Lipinski definition) is 1. The molecule has 0 saturated heterocycles. The van der Waals surface area contributed by atoms with Gasteiger partial charge in [-0.3, -0.25) is 4.79 Å². The van der Waals surface area contributed by atoms with Crippen molar-refractivity contribution in [3.8, 4) is 0 Å². The second-order valence-corrected chi connectivity index (χ2v) is 12.0. The number of hydrogen-bond donors (Lipinski definition) is 0. The lowest BCUT2D eigenvalue weighted by molar-refractivity contribution is -0.117. The highest BCUT2D eigenvalue weighted by Crippen LogP contribution is 2.67. The zero-order chi connectivity index (χ0) is 21.0. The van der Waals surface area contributed by atoms with Gasteiger partial charge >= 0.3 is 0 Å². The van der Waals surface area contributed by atoms with E-state index in [1.807, 2.05) is 6.08 Å². The summed E-state index contributed by atoms with van der Waals surface area (Å²) in [5.41, 5.74) is 2.34. The van der Waals surface area contributed by atoms with Crippen LogP contribution in [0, 0.1) is 52.3 Å². The molecular formula is C28H44O. The van der Waals surface area contributed by atoms with Gasteiger partial charge in [-0.2, -0.15) is 0 Å². The summed E-state index contributed by atoms with van der Waals surface area (Å²) in [5, 5.41) is 0. The Balaban J connectivity index is 1.53. The van der Waals surface area contributed by atoms with Gasteiger partial charge in [-0.1, -0.05) is 59.3 Å². The van der Waals surface area contributed by atoms with E-state index in [0.29, 0.717) is 28.4 Å². The van der Waals surface area contributed by atoms with E-state index in [1.165, 1.54) is 44.1 Å². The highest BCUT2D eigenvalue weighted by atomic mass is 16.1. The van der Waals surface area contributed by atoms with Crippen molar-refractivity contribution < 1.29 is 4.79 Å². The van der Waals surface area contributed by atoms with Crippen LogP contribution < -0.4 is 0 Å². The standard InChI is InChI=1S/C28H44O/c1-18(2)19(3)7-8-20(4)24-11-12-25-23-10-9-21-17-22(29)13-15-27(21,5)26(23)14-16-28(24,25)6/h7-8,17-20,23-26H,9-16H2,1-6H3/t19-,20-,23+,24-,25?,26?,27+,28-/m1/s1. The molecule has 1 nitrogen and oxygen atoms in total. The van der Waals surface area contributed by atoms with Gasteiger partial charge in [0.1, 0.15) is 0 Å². The molecule has 0 N–H and O–H groups in total. The number of fused-ring (bicyclic) bond motifs is 5. The number of carbonyl (C=O) groups is 1. The van der Waals surface area contributed by atoms with Gasteiger partial charge < -0.3 is 0 Å². The van der Waals surface area contributed by atoms with Gasteiger partial charge in [0.25, 0.3) is 0 Å². The molecule has 3 saturated carbocycles. The van der Waals surface area contributed by atoms with Crippen LogP contribution >= 0.6 is 0 Å². The lowest BCUT2D eigenvalue weighted by Gasteiger charge is -2.58. The van der Waals surface area contributed by atoms with Crippen molar-refractivity contribution in [2.24, 2.45) is 52.3 Å². The van der Waals surface area contributed by atoms with Crippen molar-refractivity contribution in [1.82, 2.24) is 0 Å². The van der Waals surface area contributed by atoms with Crippen LogP contribution in [0.15, 0.2) is 23.8 Å². The molecular weight excluding hydrogens is 352 g/mol. The van der Waals surface area contributed by atoms with E-state index in [1.54, 1.807) is 0 Å². The van der Waals surface area contributed by atoms with Crippen molar-refractivity contribution in [3.05, 3.63) is 23.8 Å². The molecule has 0 aliphatic heterocycles. The van der Waals surface area contributed by atoms with Gasteiger partial charge in [0, 0.05) is 6.42 Å². The topological polar surface area (TPSA) is 17.1 Å². The van der Waals surface area contributed by atoms with E-state index < -0.39 is 0 Å². The lowest BCUT2D eigenvalue weighted by atomic mass is 9.46. The second kappa shape index (κ2) is 7.69. The third kappa shape index (κ3) is 3.49. The monoisotopic (exact) mass is 396 g/mol. The van der Waals surface area contributed by atoms with Crippen molar-refractivity contribution in [2.45, 2.75) is 92.9 Å². The predicted molar refractivity (Wildman–Crippen MR) is 123 cm³/mol. The summed E-state index contributed by atoms with van der Waals surface area (Å²) in [4.78, 5) is 12.0. The number of carbonyl (C=O) groups excluding carboxylic acids is 1. The third-order valence-corrected chi connectivity index (χ3v) is 10.4. The molecule has 3 fully saturated rings. The van der Waals surface area contributed by atoms with Gasteiger partial charge in [0.2, 0.25) is 0 Å². The molecule has 0 aromatic rings. The average molecular weight is 397 g/mol. The van der Waals surface area contributed by atoms with E-state index in [9.17, 15) is 4.79 Å². The van der Waals surface area contributed by atoms with Crippen molar-refractivity contribution in [3.63, 3.8) is 0 Å². The van der Waals surface area contributed by atoms with E-state index >= 15 is 0 Å². The first kappa shape index (κ1) is 21.4. The van der Waals surface area contributed by atoms with Crippen molar-refractivity contribution in [1.29, 1.82) is 0 Å². The molecule has 0 aromatic carbocycles. The molecule has 162 valence electrons. The first-order chi connectivity index (χ1) is 13.7. The number of allylic oxidation sites excluding steroid dienone is 3. The highest BCUT2D eigenvalue weighted by molar-refractivity contribution is 5.91. The molecule has 4 aliphatic carbocycles. The fourth-order valence-electron chi connectivity index (χ4n) is 8.17. The fourth-order valence-corrected chi connectivity index (χ4v) is 8.17. The molecule has 0 spiro atoms. The van der Waals surface area contributed by atoms with Crippen LogP contribution in [0.5, 0.6) is 0 Å². The van der Waals surface area contributed by atoms with Crippen LogP contribution in [0.25, 0.3) is 0 Å². The maximum absolute atomic E-state index is 12.0. The Bertz CT molecular complexity index is 699. The third-order valence-electron chi connectivity index (χ3n) is 10.4. The molecule has 8 atom stereocenters. The number of rotatable bonds is 4. The summed E-state index contributed by atoms with van der Waals surface area (Å²) < 4.78 is 0. The molecule has 0 bridgehead atoms. The Morgan fingerprint density at radius 3 is 2.41 bits per heavy atom. The van der Waals surface area contributed by atoms with Crippen molar-refractivity contribution in [2.75, 3.05) is 0 Å². The Morgan fingerprint density at radius 2 is 1.69 bits per heavy atom. The molecule has 1 heteroatoms. The molecule has 4 aliphatic rings. The minimum Gasteiger partial charge on any atom is -0.295 e. The van der Waals surface area contributed by atoms with Gasteiger partial charge in [0.15, 0.2) is 5.78 Å². The van der Waals surface area contributed by atoms with Gasteiger partial charge in [-0.05, 0) is 103 Å². The van der Waals surface area contributed by atoms with Crippen LogP contribution in [0.2, 0.25) is 0 Å². The molecule has 0 heterocycles. The van der Waals surface area contributed by atoms with E-state index in [2.05, 4.69) is 53.7 Å². The van der Waals surface area contributed by atoms with Gasteiger partial charge in [0.05, 0.1) is 0 Å². The molecule has 0 radical (unpaired) electrons. The summed E-state index contributed by atoms with van der Waals surface area (Å²) in [5.74, 6) is 5.95. The Labute approximate surface area is 179 Å². The zero-order valence-corrected chi connectivity index (χ0v) is 19.8. The highest BCUT2D eigenvalue weighted by Gasteiger charge is 2.59. The van der Waals surface area contributed by atoms with Crippen LogP contribution in [-0.4, -0.2) is 5.78 Å². The summed E-state index contributed by atoms with van der Waals surface area (Å²) >= 11 is 0. The van der Waals surface area contributed by atoms with Crippen LogP contribution in [-0.2, 0) is 4.79 Å². The molecule has 0 aromatic heterocycles. The summed E-state index contributed by atoms with van der Waals surface area (Å²) in [6.07, 6.45) is 17.2. The lowest BCUT2D eigenvalue weighted by Crippen LogP contribution is -2.50. The summed E-state index contributed by atoms with van der Waals surface area (Å²) in [7, 11) is 0. The molecule has 0 amide bonds. The van der Waals surface area contributed by atoms with Crippen molar-refractivity contribution >= 4 is 5.78 Å². The minimum atomic E-state index is 0.314.